The third kappa shape index (κ3) is 3.11. The van der Waals surface area contributed by atoms with E-state index in [1.807, 2.05) is 36.4 Å². The lowest BCUT2D eigenvalue weighted by Crippen LogP contribution is -2.02. The van der Waals surface area contributed by atoms with Crippen molar-refractivity contribution in [3.05, 3.63) is 65.2 Å². The van der Waals surface area contributed by atoms with Gasteiger partial charge < -0.3 is 9.84 Å². The van der Waals surface area contributed by atoms with Crippen LogP contribution in [0, 0.1) is 6.92 Å². The largest absolute Gasteiger partial charge is 0.497 e. The second kappa shape index (κ2) is 5.69. The second-order valence-electron chi connectivity index (χ2n) is 4.49. The minimum Gasteiger partial charge on any atom is -0.497 e. The van der Waals surface area contributed by atoms with Crippen molar-refractivity contribution in [2.24, 2.45) is 0 Å². The number of hydrogen-bond acceptors (Lipinski definition) is 2. The van der Waals surface area contributed by atoms with Crippen molar-refractivity contribution >= 4 is 0 Å². The maximum atomic E-state index is 10.2. The molecule has 1 unspecified atom stereocenters. The molecule has 0 bridgehead atoms. The molecule has 0 radical (unpaired) electrons. The van der Waals surface area contributed by atoms with E-state index in [0.29, 0.717) is 6.42 Å². The van der Waals surface area contributed by atoms with E-state index in [0.717, 1.165) is 16.9 Å². The van der Waals surface area contributed by atoms with Crippen LogP contribution in [0.4, 0.5) is 0 Å². The summed E-state index contributed by atoms with van der Waals surface area (Å²) in [7, 11) is 1.63. The van der Waals surface area contributed by atoms with Gasteiger partial charge in [-0.3, -0.25) is 0 Å². The molecule has 0 amide bonds. The van der Waals surface area contributed by atoms with Gasteiger partial charge in [0.2, 0.25) is 0 Å². The monoisotopic (exact) mass is 242 g/mol. The predicted molar refractivity (Wildman–Crippen MR) is 72.8 cm³/mol. The van der Waals surface area contributed by atoms with E-state index in [-0.39, 0.29) is 0 Å². The smallest absolute Gasteiger partial charge is 0.119 e. The number of rotatable bonds is 4. The lowest BCUT2D eigenvalue weighted by atomic mass is 10.0. The Morgan fingerprint density at radius 3 is 2.61 bits per heavy atom. The Balaban J connectivity index is 2.13. The first-order valence-electron chi connectivity index (χ1n) is 6.06. The van der Waals surface area contributed by atoms with Gasteiger partial charge in [0, 0.05) is 6.42 Å². The lowest BCUT2D eigenvalue weighted by Gasteiger charge is -2.12. The average molecular weight is 242 g/mol. The number of aliphatic hydroxyl groups excluding tert-OH is 1. The molecule has 0 aliphatic heterocycles. The molecule has 1 atom stereocenters. The van der Waals surface area contributed by atoms with Gasteiger partial charge >= 0.3 is 0 Å². The summed E-state index contributed by atoms with van der Waals surface area (Å²) in [6.45, 7) is 2.06. The van der Waals surface area contributed by atoms with Crippen molar-refractivity contribution in [1.29, 1.82) is 0 Å². The van der Waals surface area contributed by atoms with Crippen LogP contribution >= 0.6 is 0 Å². The molecular weight excluding hydrogens is 224 g/mol. The summed E-state index contributed by atoms with van der Waals surface area (Å²) in [6, 6.07) is 15.8. The fourth-order valence-electron chi connectivity index (χ4n) is 2.03. The van der Waals surface area contributed by atoms with Gasteiger partial charge in [0.25, 0.3) is 0 Å². The van der Waals surface area contributed by atoms with Crippen molar-refractivity contribution in [1.82, 2.24) is 0 Å². The molecule has 2 aromatic carbocycles. The molecule has 2 nitrogen and oxygen atoms in total. The Labute approximate surface area is 108 Å². The van der Waals surface area contributed by atoms with E-state index in [9.17, 15) is 5.11 Å². The quantitative estimate of drug-likeness (QED) is 0.891. The van der Waals surface area contributed by atoms with Crippen LogP contribution in [-0.4, -0.2) is 12.2 Å². The Hall–Kier alpha value is -1.80. The highest BCUT2D eigenvalue weighted by Gasteiger charge is 2.09. The molecule has 1 N–H and O–H groups in total. The Morgan fingerprint density at radius 1 is 1.11 bits per heavy atom. The third-order valence-corrected chi connectivity index (χ3v) is 2.99. The van der Waals surface area contributed by atoms with Crippen molar-refractivity contribution in [2.45, 2.75) is 19.4 Å². The fourth-order valence-corrected chi connectivity index (χ4v) is 2.03. The van der Waals surface area contributed by atoms with Crippen LogP contribution in [0.25, 0.3) is 0 Å². The Bertz CT molecular complexity index is 520. The zero-order chi connectivity index (χ0) is 13.0. The molecule has 2 heteroatoms. The summed E-state index contributed by atoms with van der Waals surface area (Å²) in [5, 5.41) is 10.2. The highest BCUT2D eigenvalue weighted by molar-refractivity contribution is 5.31. The van der Waals surface area contributed by atoms with E-state index >= 15 is 0 Å². The Kier molecular flexibility index (Phi) is 4.00. The minimum absolute atomic E-state index is 0.498. The maximum absolute atomic E-state index is 10.2. The number of ether oxygens (including phenoxy) is 1. The number of methoxy groups -OCH3 is 1. The molecule has 2 rings (SSSR count). The molecule has 0 heterocycles. The van der Waals surface area contributed by atoms with Crippen LogP contribution in [0.3, 0.4) is 0 Å². The van der Waals surface area contributed by atoms with Crippen molar-refractivity contribution < 1.29 is 9.84 Å². The molecule has 0 aromatic heterocycles. The number of benzene rings is 2. The Morgan fingerprint density at radius 2 is 1.89 bits per heavy atom. The van der Waals surface area contributed by atoms with E-state index in [1.54, 1.807) is 7.11 Å². The third-order valence-electron chi connectivity index (χ3n) is 2.99. The SMILES string of the molecule is COc1cccc(C(O)Cc2cccc(C)c2)c1. The van der Waals surface area contributed by atoms with Crippen molar-refractivity contribution in [3.63, 3.8) is 0 Å². The molecule has 0 aliphatic carbocycles. The minimum atomic E-state index is -0.498. The van der Waals surface area contributed by atoms with Crippen LogP contribution in [0.2, 0.25) is 0 Å². The molecule has 0 saturated carbocycles. The van der Waals surface area contributed by atoms with Gasteiger partial charge in [-0.15, -0.1) is 0 Å². The molecule has 0 fully saturated rings. The van der Waals surface area contributed by atoms with E-state index in [4.69, 9.17) is 4.74 Å². The van der Waals surface area contributed by atoms with E-state index in [2.05, 4.69) is 19.1 Å². The van der Waals surface area contributed by atoms with Gasteiger partial charge in [0.15, 0.2) is 0 Å². The van der Waals surface area contributed by atoms with E-state index < -0.39 is 6.10 Å². The van der Waals surface area contributed by atoms with Crippen molar-refractivity contribution in [3.8, 4) is 5.75 Å². The first-order chi connectivity index (χ1) is 8.69. The zero-order valence-corrected chi connectivity index (χ0v) is 10.8. The number of aryl methyl sites for hydroxylation is 1. The average Bonchev–Trinajstić information content (AvgIpc) is 2.39. The van der Waals surface area contributed by atoms with Gasteiger partial charge in [-0.2, -0.15) is 0 Å². The highest BCUT2D eigenvalue weighted by atomic mass is 16.5. The molecule has 0 spiro atoms. The summed E-state index contributed by atoms with van der Waals surface area (Å²) in [5.41, 5.74) is 3.24. The molecular formula is C16H18O2. The molecule has 0 saturated heterocycles. The summed E-state index contributed by atoms with van der Waals surface area (Å²) in [5.74, 6) is 0.774. The topological polar surface area (TPSA) is 29.5 Å². The van der Waals surface area contributed by atoms with Gasteiger partial charge in [0.1, 0.15) is 5.75 Å². The van der Waals surface area contributed by atoms with Crippen LogP contribution < -0.4 is 4.74 Å². The molecule has 0 aliphatic rings. The summed E-state index contributed by atoms with van der Waals surface area (Å²) in [4.78, 5) is 0. The van der Waals surface area contributed by atoms with Gasteiger partial charge in [-0.05, 0) is 30.2 Å². The van der Waals surface area contributed by atoms with Crippen molar-refractivity contribution in [2.75, 3.05) is 7.11 Å². The first kappa shape index (κ1) is 12.7. The van der Waals surface area contributed by atoms with Gasteiger partial charge in [-0.25, -0.2) is 0 Å². The predicted octanol–water partition coefficient (Wildman–Crippen LogP) is 3.28. The summed E-state index contributed by atoms with van der Waals surface area (Å²) < 4.78 is 5.16. The zero-order valence-electron chi connectivity index (χ0n) is 10.8. The standard InChI is InChI=1S/C16H18O2/c1-12-5-3-6-13(9-12)10-16(17)14-7-4-8-15(11-14)18-2/h3-9,11,16-17H,10H2,1-2H3. The van der Waals surface area contributed by atoms with Crippen LogP contribution in [-0.2, 0) is 6.42 Å². The van der Waals surface area contributed by atoms with Gasteiger partial charge in [-0.1, -0.05) is 42.0 Å². The normalized spacial score (nSPS) is 12.2. The van der Waals surface area contributed by atoms with Crippen LogP contribution in [0.1, 0.15) is 22.8 Å². The summed E-state index contributed by atoms with van der Waals surface area (Å²) in [6.07, 6.45) is 0.122. The molecule has 2 aromatic rings. The maximum Gasteiger partial charge on any atom is 0.119 e. The van der Waals surface area contributed by atoms with Crippen LogP contribution in [0.15, 0.2) is 48.5 Å². The highest BCUT2D eigenvalue weighted by Crippen LogP contribution is 2.22. The van der Waals surface area contributed by atoms with Gasteiger partial charge in [0.05, 0.1) is 13.2 Å². The van der Waals surface area contributed by atoms with Crippen LogP contribution in [0.5, 0.6) is 5.75 Å². The summed E-state index contributed by atoms with van der Waals surface area (Å²) >= 11 is 0. The number of aliphatic hydroxyl groups is 1. The van der Waals surface area contributed by atoms with E-state index in [1.165, 1.54) is 5.56 Å². The number of hydrogen-bond donors (Lipinski definition) is 1. The first-order valence-corrected chi connectivity index (χ1v) is 6.06. The lowest BCUT2D eigenvalue weighted by molar-refractivity contribution is 0.178. The second-order valence-corrected chi connectivity index (χ2v) is 4.49. The fraction of sp³-hybridized carbons (Fsp3) is 0.250. The molecule has 94 valence electrons. The molecule has 18 heavy (non-hydrogen) atoms.